The van der Waals surface area contributed by atoms with Crippen molar-refractivity contribution in [1.29, 1.82) is 0 Å². The number of carbonyl (C=O) groups excluding carboxylic acids is 2. The van der Waals surface area contributed by atoms with Crippen molar-refractivity contribution in [3.8, 4) is 0 Å². The van der Waals surface area contributed by atoms with Crippen molar-refractivity contribution in [2.75, 3.05) is 0 Å². The lowest BCUT2D eigenvalue weighted by atomic mass is 10.0. The summed E-state index contributed by atoms with van der Waals surface area (Å²) in [4.78, 5) is 29.1. The average Bonchev–Trinajstić information content (AvgIpc) is 2.95. The van der Waals surface area contributed by atoms with Crippen LogP contribution in [0.5, 0.6) is 0 Å². The van der Waals surface area contributed by atoms with Gasteiger partial charge in [0.1, 0.15) is 6.04 Å². The van der Waals surface area contributed by atoms with Crippen LogP contribution in [0.15, 0.2) is 115 Å². The molecule has 188 valence electrons. The second-order valence-electron chi connectivity index (χ2n) is 9.04. The molecule has 0 radical (unpaired) electrons. The van der Waals surface area contributed by atoms with E-state index in [-0.39, 0.29) is 11.8 Å². The molecule has 0 heterocycles. The second-order valence-corrected chi connectivity index (χ2v) is 9.48. The van der Waals surface area contributed by atoms with Crippen LogP contribution in [-0.4, -0.2) is 22.8 Å². The maximum absolute atomic E-state index is 13.7. The summed E-state index contributed by atoms with van der Waals surface area (Å²) in [6.07, 6.45) is 1.35. The molecule has 4 nitrogen and oxygen atoms in total. The smallest absolute Gasteiger partial charge is 0.243 e. The van der Waals surface area contributed by atoms with E-state index in [4.69, 9.17) is 11.6 Å². The molecule has 1 unspecified atom stereocenters. The first-order valence-corrected chi connectivity index (χ1v) is 12.9. The molecule has 0 saturated carbocycles. The van der Waals surface area contributed by atoms with Gasteiger partial charge in [0.2, 0.25) is 11.8 Å². The second kappa shape index (κ2) is 13.4. The zero-order valence-corrected chi connectivity index (χ0v) is 21.5. The topological polar surface area (TPSA) is 49.4 Å². The first kappa shape index (κ1) is 26.2. The van der Waals surface area contributed by atoms with E-state index in [0.29, 0.717) is 37.4 Å². The molecule has 0 spiro atoms. The zero-order chi connectivity index (χ0) is 25.9. The van der Waals surface area contributed by atoms with Crippen LogP contribution < -0.4 is 5.32 Å². The van der Waals surface area contributed by atoms with Crippen LogP contribution in [0.2, 0.25) is 5.02 Å². The number of rotatable bonds is 11. The molecule has 37 heavy (non-hydrogen) atoms. The van der Waals surface area contributed by atoms with Gasteiger partial charge in [-0.15, -0.1) is 0 Å². The number of hydrogen-bond donors (Lipinski definition) is 1. The number of nitrogens with one attached hydrogen (secondary N) is 1. The number of halogens is 1. The lowest BCUT2D eigenvalue weighted by Gasteiger charge is -2.32. The van der Waals surface area contributed by atoms with Gasteiger partial charge in [-0.05, 0) is 40.8 Å². The highest BCUT2D eigenvalue weighted by Crippen LogP contribution is 2.18. The van der Waals surface area contributed by atoms with Gasteiger partial charge in [0.15, 0.2) is 0 Å². The number of aryl methyl sites for hydroxylation is 1. The summed E-state index contributed by atoms with van der Waals surface area (Å²) < 4.78 is 0. The largest absolute Gasteiger partial charge is 0.350 e. The van der Waals surface area contributed by atoms with Crippen molar-refractivity contribution < 1.29 is 9.59 Å². The molecule has 0 fully saturated rings. The molecule has 0 aromatic heterocycles. The summed E-state index contributed by atoms with van der Waals surface area (Å²) in [5.74, 6) is -0.232. The molecule has 2 amide bonds. The third-order valence-electron chi connectivity index (χ3n) is 6.32. The molecule has 0 aliphatic heterocycles. The average molecular weight is 511 g/mol. The van der Waals surface area contributed by atoms with E-state index in [2.05, 4.69) is 5.32 Å². The lowest BCUT2D eigenvalue weighted by molar-refractivity contribution is -0.141. The predicted molar refractivity (Wildman–Crippen MR) is 149 cm³/mol. The van der Waals surface area contributed by atoms with Gasteiger partial charge in [-0.2, -0.15) is 0 Å². The maximum atomic E-state index is 13.7. The molecular formula is C32H31ClN2O2. The van der Waals surface area contributed by atoms with Crippen LogP contribution in [-0.2, 0) is 35.5 Å². The van der Waals surface area contributed by atoms with Gasteiger partial charge in [-0.3, -0.25) is 9.59 Å². The Labute approximate surface area is 223 Å². The number of amides is 2. The van der Waals surface area contributed by atoms with E-state index in [1.165, 1.54) is 0 Å². The molecule has 0 saturated heterocycles. The van der Waals surface area contributed by atoms with Crippen molar-refractivity contribution in [1.82, 2.24) is 10.2 Å². The molecule has 4 aromatic carbocycles. The van der Waals surface area contributed by atoms with Crippen molar-refractivity contribution in [2.24, 2.45) is 0 Å². The van der Waals surface area contributed by atoms with Gasteiger partial charge in [-0.25, -0.2) is 0 Å². The molecule has 0 aliphatic rings. The predicted octanol–water partition coefficient (Wildman–Crippen LogP) is 6.23. The van der Waals surface area contributed by atoms with Crippen LogP contribution in [0.4, 0.5) is 0 Å². The molecule has 4 rings (SSSR count). The minimum absolute atomic E-state index is 0.0606. The molecule has 5 heteroatoms. The monoisotopic (exact) mass is 510 g/mol. The SMILES string of the molecule is O=C(NCc1ccccc1)C(Cc1ccccc1)N(Cc1ccc(Cl)cc1)C(=O)CCc1ccccc1. The molecule has 1 N–H and O–H groups in total. The van der Waals surface area contributed by atoms with Gasteiger partial charge in [-0.1, -0.05) is 115 Å². The summed E-state index contributed by atoms with van der Waals surface area (Å²) in [5.41, 5.74) is 4.02. The Hall–Kier alpha value is -3.89. The highest BCUT2D eigenvalue weighted by atomic mass is 35.5. The Morgan fingerprint density at radius 1 is 0.676 bits per heavy atom. The Kier molecular flexibility index (Phi) is 9.50. The highest BCUT2D eigenvalue weighted by molar-refractivity contribution is 6.30. The van der Waals surface area contributed by atoms with Gasteiger partial charge in [0, 0.05) is 31.0 Å². The van der Waals surface area contributed by atoms with Gasteiger partial charge < -0.3 is 10.2 Å². The highest BCUT2D eigenvalue weighted by Gasteiger charge is 2.30. The van der Waals surface area contributed by atoms with E-state index in [0.717, 1.165) is 22.3 Å². The van der Waals surface area contributed by atoms with Crippen LogP contribution in [0.25, 0.3) is 0 Å². The fraction of sp³-hybridized carbons (Fsp3) is 0.188. The van der Waals surface area contributed by atoms with Crippen molar-refractivity contribution >= 4 is 23.4 Å². The Balaban J connectivity index is 1.60. The first-order valence-electron chi connectivity index (χ1n) is 12.5. The lowest BCUT2D eigenvalue weighted by Crippen LogP contribution is -2.50. The van der Waals surface area contributed by atoms with Crippen LogP contribution in [0.3, 0.4) is 0 Å². The van der Waals surface area contributed by atoms with Crippen LogP contribution in [0, 0.1) is 0 Å². The summed E-state index contributed by atoms with van der Waals surface area (Å²) in [5, 5.41) is 3.70. The summed E-state index contributed by atoms with van der Waals surface area (Å²) in [6, 6.07) is 36.3. The third-order valence-corrected chi connectivity index (χ3v) is 6.57. The molecule has 0 aliphatic carbocycles. The molecule has 1 atom stereocenters. The quantitative estimate of drug-likeness (QED) is 0.260. The Morgan fingerprint density at radius 3 is 1.81 bits per heavy atom. The first-order chi connectivity index (χ1) is 18.1. The van der Waals surface area contributed by atoms with Crippen molar-refractivity contribution in [3.63, 3.8) is 0 Å². The normalized spacial score (nSPS) is 11.5. The summed E-state index contributed by atoms with van der Waals surface area (Å²) in [7, 11) is 0. The number of benzene rings is 4. The molecular weight excluding hydrogens is 480 g/mol. The summed E-state index contributed by atoms with van der Waals surface area (Å²) >= 11 is 6.10. The Bertz CT molecular complexity index is 1260. The van der Waals surface area contributed by atoms with Crippen LogP contribution in [0.1, 0.15) is 28.7 Å². The molecule has 4 aromatic rings. The van der Waals surface area contributed by atoms with E-state index in [9.17, 15) is 9.59 Å². The maximum Gasteiger partial charge on any atom is 0.243 e. The van der Waals surface area contributed by atoms with E-state index >= 15 is 0 Å². The zero-order valence-electron chi connectivity index (χ0n) is 20.7. The Morgan fingerprint density at radius 2 is 1.22 bits per heavy atom. The van der Waals surface area contributed by atoms with E-state index < -0.39 is 6.04 Å². The standard InChI is InChI=1S/C32H31ClN2O2/c33-29-19-16-28(17-20-29)24-35(31(36)21-18-25-10-4-1-5-11-25)30(22-26-12-6-2-7-13-26)32(37)34-23-27-14-8-3-9-15-27/h1-17,19-20,30H,18,21-24H2,(H,34,37). The van der Waals surface area contributed by atoms with Crippen molar-refractivity contribution in [2.45, 2.75) is 38.4 Å². The van der Waals surface area contributed by atoms with E-state index in [1.807, 2.05) is 115 Å². The minimum atomic E-state index is -0.662. The number of nitrogens with zero attached hydrogens (tertiary/aromatic N) is 1. The number of carbonyl (C=O) groups is 2. The van der Waals surface area contributed by atoms with Crippen molar-refractivity contribution in [3.05, 3.63) is 143 Å². The fourth-order valence-electron chi connectivity index (χ4n) is 4.28. The third kappa shape index (κ3) is 8.06. The summed E-state index contributed by atoms with van der Waals surface area (Å²) in [6.45, 7) is 0.721. The van der Waals surface area contributed by atoms with Gasteiger partial charge in [0.05, 0.1) is 0 Å². The number of hydrogen-bond acceptors (Lipinski definition) is 2. The van der Waals surface area contributed by atoms with Gasteiger partial charge in [0.25, 0.3) is 0 Å². The van der Waals surface area contributed by atoms with Crippen LogP contribution >= 0.6 is 11.6 Å². The fourth-order valence-corrected chi connectivity index (χ4v) is 4.41. The molecule has 0 bridgehead atoms. The van der Waals surface area contributed by atoms with E-state index in [1.54, 1.807) is 4.90 Å². The van der Waals surface area contributed by atoms with Gasteiger partial charge >= 0.3 is 0 Å². The minimum Gasteiger partial charge on any atom is -0.350 e.